The summed E-state index contributed by atoms with van der Waals surface area (Å²) in [6.07, 6.45) is 4.83. The van der Waals surface area contributed by atoms with E-state index < -0.39 is 0 Å². The fourth-order valence-corrected chi connectivity index (χ4v) is 1.45. The maximum atomic E-state index is 11.5. The van der Waals surface area contributed by atoms with E-state index in [2.05, 4.69) is 0 Å². The van der Waals surface area contributed by atoms with Crippen molar-refractivity contribution in [1.29, 1.82) is 0 Å². The normalized spacial score (nSPS) is 14.6. The van der Waals surface area contributed by atoms with Gasteiger partial charge in [0.2, 0.25) is 0 Å². The van der Waals surface area contributed by atoms with E-state index in [0.29, 0.717) is 5.57 Å². The Balaban J connectivity index is 0.000000771. The summed E-state index contributed by atoms with van der Waals surface area (Å²) in [5, 5.41) is 0. The molecule has 1 aliphatic rings. The van der Waals surface area contributed by atoms with Crippen molar-refractivity contribution in [3.63, 3.8) is 0 Å². The van der Waals surface area contributed by atoms with Gasteiger partial charge in [-0.2, -0.15) is 0 Å². The van der Waals surface area contributed by atoms with Gasteiger partial charge in [-0.1, -0.05) is 50.3 Å². The van der Waals surface area contributed by atoms with E-state index in [0.717, 1.165) is 10.5 Å². The van der Waals surface area contributed by atoms with Gasteiger partial charge >= 0.3 is 0 Å². The standard InChI is InChI=1S/C13H11NO2.C2H6/c1-14-12(15)9-11(13(14)16)8-7-10-5-3-2-4-6-10;1-2/h2-9H,1H3;1-2H3/b8-7-;. The van der Waals surface area contributed by atoms with Crippen LogP contribution in [0.3, 0.4) is 0 Å². The number of carbonyl (C=O) groups is 2. The van der Waals surface area contributed by atoms with Crippen LogP contribution in [-0.2, 0) is 9.59 Å². The molecule has 3 heteroatoms. The highest BCUT2D eigenvalue weighted by molar-refractivity contribution is 6.17. The largest absolute Gasteiger partial charge is 0.278 e. The molecule has 2 amide bonds. The van der Waals surface area contributed by atoms with Crippen molar-refractivity contribution in [3.05, 3.63) is 53.6 Å². The second-order valence-electron chi connectivity index (χ2n) is 3.55. The van der Waals surface area contributed by atoms with E-state index in [-0.39, 0.29) is 11.8 Å². The van der Waals surface area contributed by atoms with Crippen molar-refractivity contribution in [2.45, 2.75) is 13.8 Å². The topological polar surface area (TPSA) is 37.4 Å². The van der Waals surface area contributed by atoms with Crippen LogP contribution in [0.2, 0.25) is 0 Å². The summed E-state index contributed by atoms with van der Waals surface area (Å²) in [7, 11) is 1.48. The number of amides is 2. The van der Waals surface area contributed by atoms with Crippen molar-refractivity contribution in [3.8, 4) is 0 Å². The highest BCUT2D eigenvalue weighted by Crippen LogP contribution is 2.13. The van der Waals surface area contributed by atoms with Crippen molar-refractivity contribution in [2.75, 3.05) is 7.05 Å². The van der Waals surface area contributed by atoms with Gasteiger partial charge in [0.05, 0.1) is 0 Å². The van der Waals surface area contributed by atoms with Crippen LogP contribution in [0.1, 0.15) is 19.4 Å². The van der Waals surface area contributed by atoms with Gasteiger partial charge in [-0.05, 0) is 11.6 Å². The SMILES string of the molecule is CC.CN1C(=O)C=C(/C=C\c2ccccc2)C1=O. The van der Waals surface area contributed by atoms with Crippen LogP contribution in [0.4, 0.5) is 0 Å². The smallest absolute Gasteiger partial charge is 0.260 e. The minimum atomic E-state index is -0.266. The Labute approximate surface area is 107 Å². The monoisotopic (exact) mass is 243 g/mol. The first kappa shape index (κ1) is 13.9. The van der Waals surface area contributed by atoms with Gasteiger partial charge in [0.25, 0.3) is 11.8 Å². The summed E-state index contributed by atoms with van der Waals surface area (Å²) < 4.78 is 0. The molecule has 0 atom stereocenters. The lowest BCUT2D eigenvalue weighted by Crippen LogP contribution is -2.25. The zero-order valence-electron chi connectivity index (χ0n) is 10.9. The van der Waals surface area contributed by atoms with Gasteiger partial charge in [-0.15, -0.1) is 0 Å². The first-order chi connectivity index (χ1) is 8.68. The summed E-state index contributed by atoms with van der Waals surface area (Å²) in [6, 6.07) is 9.63. The summed E-state index contributed by atoms with van der Waals surface area (Å²) in [6.45, 7) is 4.00. The van der Waals surface area contributed by atoms with Gasteiger partial charge in [-0.25, -0.2) is 0 Å². The average molecular weight is 243 g/mol. The van der Waals surface area contributed by atoms with Crippen LogP contribution < -0.4 is 0 Å². The van der Waals surface area contributed by atoms with Gasteiger partial charge in [0.1, 0.15) is 0 Å². The lowest BCUT2D eigenvalue weighted by Gasteiger charge is -2.04. The lowest BCUT2D eigenvalue weighted by atomic mass is 10.1. The summed E-state index contributed by atoms with van der Waals surface area (Å²) in [5.74, 6) is -0.519. The molecular weight excluding hydrogens is 226 g/mol. The Hall–Kier alpha value is -2.16. The molecule has 1 aliphatic heterocycles. The molecular formula is C15H17NO2. The molecule has 0 radical (unpaired) electrons. The molecule has 0 aromatic heterocycles. The number of hydrogen-bond acceptors (Lipinski definition) is 2. The molecule has 0 N–H and O–H groups in total. The lowest BCUT2D eigenvalue weighted by molar-refractivity contribution is -0.135. The fraction of sp³-hybridized carbons (Fsp3) is 0.200. The molecule has 0 saturated heterocycles. The van der Waals surface area contributed by atoms with Gasteiger partial charge < -0.3 is 0 Å². The molecule has 0 spiro atoms. The maximum absolute atomic E-state index is 11.5. The first-order valence-corrected chi connectivity index (χ1v) is 5.95. The van der Waals surface area contributed by atoms with Crippen molar-refractivity contribution >= 4 is 17.9 Å². The molecule has 0 aliphatic carbocycles. The number of imide groups is 1. The quantitative estimate of drug-likeness (QED) is 0.749. The van der Waals surface area contributed by atoms with E-state index in [1.54, 1.807) is 6.08 Å². The Morgan fingerprint density at radius 1 is 1.00 bits per heavy atom. The van der Waals surface area contributed by atoms with Gasteiger partial charge in [0, 0.05) is 18.7 Å². The van der Waals surface area contributed by atoms with Gasteiger partial charge in [0.15, 0.2) is 0 Å². The Morgan fingerprint density at radius 2 is 1.61 bits per heavy atom. The third kappa shape index (κ3) is 3.17. The summed E-state index contributed by atoms with van der Waals surface area (Å²) >= 11 is 0. The van der Waals surface area contributed by atoms with Crippen LogP contribution in [0.15, 0.2) is 48.1 Å². The van der Waals surface area contributed by atoms with E-state index in [9.17, 15) is 9.59 Å². The predicted octanol–water partition coefficient (Wildman–Crippen LogP) is 2.65. The molecule has 1 aromatic carbocycles. The maximum Gasteiger partial charge on any atom is 0.260 e. The third-order valence-electron chi connectivity index (χ3n) is 2.42. The fourth-order valence-electron chi connectivity index (χ4n) is 1.45. The van der Waals surface area contributed by atoms with E-state index in [1.807, 2.05) is 50.3 Å². The molecule has 94 valence electrons. The zero-order chi connectivity index (χ0) is 13.5. The highest BCUT2D eigenvalue weighted by Gasteiger charge is 2.25. The second kappa shape index (κ2) is 6.55. The molecule has 0 saturated carbocycles. The summed E-state index contributed by atoms with van der Waals surface area (Å²) in [5.41, 5.74) is 1.43. The van der Waals surface area contributed by atoms with Crippen LogP contribution >= 0.6 is 0 Å². The number of benzene rings is 1. The molecule has 18 heavy (non-hydrogen) atoms. The van der Waals surface area contributed by atoms with Gasteiger partial charge in [-0.3, -0.25) is 14.5 Å². The first-order valence-electron chi connectivity index (χ1n) is 5.95. The molecule has 1 heterocycles. The molecule has 3 nitrogen and oxygen atoms in total. The zero-order valence-corrected chi connectivity index (χ0v) is 10.9. The van der Waals surface area contributed by atoms with Crippen LogP contribution in [0.25, 0.3) is 6.08 Å². The number of rotatable bonds is 2. The van der Waals surface area contributed by atoms with Crippen LogP contribution in [0.5, 0.6) is 0 Å². The van der Waals surface area contributed by atoms with E-state index in [1.165, 1.54) is 13.1 Å². The van der Waals surface area contributed by atoms with E-state index >= 15 is 0 Å². The predicted molar refractivity (Wildman–Crippen MR) is 72.7 cm³/mol. The Bertz CT molecular complexity index is 486. The number of hydrogen-bond donors (Lipinski definition) is 0. The van der Waals surface area contributed by atoms with Crippen molar-refractivity contribution in [1.82, 2.24) is 4.90 Å². The second-order valence-corrected chi connectivity index (χ2v) is 3.55. The third-order valence-corrected chi connectivity index (χ3v) is 2.42. The molecule has 0 bridgehead atoms. The van der Waals surface area contributed by atoms with Crippen molar-refractivity contribution in [2.24, 2.45) is 0 Å². The molecule has 0 unspecified atom stereocenters. The van der Waals surface area contributed by atoms with Crippen LogP contribution in [-0.4, -0.2) is 23.8 Å². The minimum absolute atomic E-state index is 0.253. The number of carbonyl (C=O) groups excluding carboxylic acids is 2. The molecule has 0 fully saturated rings. The highest BCUT2D eigenvalue weighted by atomic mass is 16.2. The molecule has 2 rings (SSSR count). The number of likely N-dealkylation sites (N-methyl/N-ethyl adjacent to an activating group) is 1. The van der Waals surface area contributed by atoms with Crippen molar-refractivity contribution < 1.29 is 9.59 Å². The van der Waals surface area contributed by atoms with E-state index in [4.69, 9.17) is 0 Å². The summed E-state index contributed by atoms with van der Waals surface area (Å²) in [4.78, 5) is 23.8. The minimum Gasteiger partial charge on any atom is -0.278 e. The molecule has 1 aromatic rings. The van der Waals surface area contributed by atoms with Crippen LogP contribution in [0, 0.1) is 0 Å². The Morgan fingerprint density at radius 3 is 2.11 bits per heavy atom. The Kier molecular flexibility index (Phi) is 5.06. The average Bonchev–Trinajstić information content (AvgIpc) is 2.67. The number of nitrogens with zero attached hydrogens (tertiary/aromatic N) is 1.